The van der Waals surface area contributed by atoms with Gasteiger partial charge < -0.3 is 14.9 Å². The lowest BCUT2D eigenvalue weighted by molar-refractivity contribution is -0.154. The molecule has 2 N–H and O–H groups in total. The Kier molecular flexibility index (Phi) is 3.01. The van der Waals surface area contributed by atoms with Crippen molar-refractivity contribution in [1.82, 2.24) is 3.96 Å². The Morgan fingerprint density at radius 3 is 2.71 bits per heavy atom. The van der Waals surface area contributed by atoms with Crippen LogP contribution in [0.5, 0.6) is 0 Å². The fourth-order valence-electron chi connectivity index (χ4n) is 2.54. The van der Waals surface area contributed by atoms with E-state index in [4.69, 9.17) is 9.84 Å². The SMILES string of the molecule is COC1(O)c2ccccc2-c2c1sn(C(C)C(=O)O)c2=O. The van der Waals surface area contributed by atoms with Gasteiger partial charge in [-0.2, -0.15) is 0 Å². The Hall–Kier alpha value is -1.96. The van der Waals surface area contributed by atoms with Gasteiger partial charge in [-0.15, -0.1) is 0 Å². The molecular formula is C14H13NO5S. The van der Waals surface area contributed by atoms with Crippen LogP contribution < -0.4 is 5.56 Å². The maximum atomic E-state index is 12.5. The van der Waals surface area contributed by atoms with E-state index in [9.17, 15) is 14.7 Å². The minimum atomic E-state index is -1.71. The van der Waals surface area contributed by atoms with Crippen LogP contribution in [0.3, 0.4) is 0 Å². The van der Waals surface area contributed by atoms with Gasteiger partial charge in [0.2, 0.25) is 5.79 Å². The van der Waals surface area contributed by atoms with Crippen LogP contribution >= 0.6 is 11.5 Å². The van der Waals surface area contributed by atoms with Crippen LogP contribution in [-0.2, 0) is 15.3 Å². The lowest BCUT2D eigenvalue weighted by Crippen LogP contribution is -2.26. The van der Waals surface area contributed by atoms with Crippen molar-refractivity contribution in [2.75, 3.05) is 7.11 Å². The summed E-state index contributed by atoms with van der Waals surface area (Å²) in [7, 11) is 1.35. The molecule has 1 aliphatic carbocycles. The Labute approximate surface area is 124 Å². The maximum absolute atomic E-state index is 12.5. The Balaban J connectivity index is 2.32. The second-order valence-electron chi connectivity index (χ2n) is 4.83. The summed E-state index contributed by atoms with van der Waals surface area (Å²) in [6, 6.07) is 5.91. The number of methoxy groups -OCH3 is 1. The third-order valence-electron chi connectivity index (χ3n) is 3.70. The molecule has 1 heterocycles. The highest BCUT2D eigenvalue weighted by Gasteiger charge is 2.46. The van der Waals surface area contributed by atoms with E-state index in [1.165, 1.54) is 14.0 Å². The molecule has 6 nitrogen and oxygen atoms in total. The Morgan fingerprint density at radius 1 is 1.43 bits per heavy atom. The second kappa shape index (κ2) is 4.52. The normalized spacial score (nSPS) is 20.9. The van der Waals surface area contributed by atoms with E-state index in [1.807, 2.05) is 0 Å². The molecule has 110 valence electrons. The lowest BCUT2D eigenvalue weighted by atomic mass is 10.1. The predicted octanol–water partition coefficient (Wildman–Crippen LogP) is 1.38. The summed E-state index contributed by atoms with van der Waals surface area (Å²) in [5, 5.41) is 19.8. The molecule has 0 saturated carbocycles. The number of carboxylic acid groups (broad SMARTS) is 1. The first-order chi connectivity index (χ1) is 9.91. The summed E-state index contributed by atoms with van der Waals surface area (Å²) in [5.74, 6) is -2.81. The minimum absolute atomic E-state index is 0.313. The van der Waals surface area contributed by atoms with Crippen LogP contribution in [0.4, 0.5) is 0 Å². The zero-order chi connectivity index (χ0) is 15.4. The summed E-state index contributed by atoms with van der Waals surface area (Å²) >= 11 is 0.921. The summed E-state index contributed by atoms with van der Waals surface area (Å²) in [5.41, 5.74) is 0.966. The Morgan fingerprint density at radius 2 is 2.10 bits per heavy atom. The molecule has 21 heavy (non-hydrogen) atoms. The zero-order valence-corrected chi connectivity index (χ0v) is 12.2. The number of rotatable bonds is 3. The third-order valence-corrected chi connectivity index (χ3v) is 5.05. The average Bonchev–Trinajstić information content (AvgIpc) is 2.94. The second-order valence-corrected chi connectivity index (χ2v) is 5.82. The fourth-order valence-corrected chi connectivity index (χ4v) is 3.76. The number of carboxylic acids is 1. The van der Waals surface area contributed by atoms with E-state index in [1.54, 1.807) is 24.3 Å². The standard InChI is InChI=1S/C14H13NO5S/c1-7(13(17)18)15-12(16)10-8-5-3-4-6-9(8)14(19,20-2)11(10)21-15/h3-7,19H,1-2H3,(H,17,18). The quantitative estimate of drug-likeness (QED) is 0.836. The number of hydrogen-bond donors (Lipinski definition) is 2. The number of aliphatic carboxylic acids is 1. The van der Waals surface area contributed by atoms with Crippen LogP contribution in [-0.4, -0.2) is 27.2 Å². The van der Waals surface area contributed by atoms with Crippen LogP contribution in [0.2, 0.25) is 0 Å². The molecule has 1 aliphatic rings. The minimum Gasteiger partial charge on any atom is -0.480 e. The van der Waals surface area contributed by atoms with E-state index in [2.05, 4.69) is 0 Å². The first-order valence-corrected chi connectivity index (χ1v) is 7.05. The molecule has 0 radical (unpaired) electrons. The van der Waals surface area contributed by atoms with Crippen molar-refractivity contribution in [3.05, 3.63) is 45.1 Å². The average molecular weight is 307 g/mol. The van der Waals surface area contributed by atoms with E-state index in [-0.39, 0.29) is 0 Å². The largest absolute Gasteiger partial charge is 0.480 e. The van der Waals surface area contributed by atoms with Crippen molar-refractivity contribution < 1.29 is 19.7 Å². The van der Waals surface area contributed by atoms with Crippen LogP contribution in [0.25, 0.3) is 11.1 Å². The summed E-state index contributed by atoms with van der Waals surface area (Å²) in [6.45, 7) is 1.42. The van der Waals surface area contributed by atoms with Gasteiger partial charge in [0.15, 0.2) is 0 Å². The van der Waals surface area contributed by atoms with Gasteiger partial charge in [-0.05, 0) is 12.5 Å². The summed E-state index contributed by atoms with van der Waals surface area (Å²) in [6.07, 6.45) is 0. The number of hydrogen-bond acceptors (Lipinski definition) is 5. The molecule has 2 aromatic rings. The van der Waals surface area contributed by atoms with Crippen molar-refractivity contribution in [1.29, 1.82) is 0 Å². The van der Waals surface area contributed by atoms with E-state index < -0.39 is 23.4 Å². The highest BCUT2D eigenvalue weighted by Crippen LogP contribution is 2.48. The molecular weight excluding hydrogens is 294 g/mol. The number of aromatic nitrogens is 1. The van der Waals surface area contributed by atoms with Gasteiger partial charge >= 0.3 is 5.97 Å². The van der Waals surface area contributed by atoms with Crippen molar-refractivity contribution in [2.45, 2.75) is 18.8 Å². The number of fused-ring (bicyclic) bond motifs is 3. The monoisotopic (exact) mass is 307 g/mol. The third kappa shape index (κ3) is 1.71. The van der Waals surface area contributed by atoms with Gasteiger partial charge in [0, 0.05) is 12.7 Å². The van der Waals surface area contributed by atoms with Crippen LogP contribution in [0.15, 0.2) is 29.1 Å². The molecule has 0 amide bonds. The number of nitrogens with zero attached hydrogens (tertiary/aromatic N) is 1. The van der Waals surface area contributed by atoms with Crippen molar-refractivity contribution >= 4 is 17.5 Å². The van der Waals surface area contributed by atoms with Gasteiger partial charge in [0.05, 0.1) is 10.4 Å². The van der Waals surface area contributed by atoms with Gasteiger partial charge in [0.1, 0.15) is 6.04 Å². The molecule has 2 atom stereocenters. The molecule has 0 bridgehead atoms. The molecule has 1 aromatic heterocycles. The zero-order valence-electron chi connectivity index (χ0n) is 11.4. The first-order valence-electron chi connectivity index (χ1n) is 6.28. The van der Waals surface area contributed by atoms with Crippen molar-refractivity contribution in [3.63, 3.8) is 0 Å². The number of aliphatic hydroxyl groups is 1. The van der Waals surface area contributed by atoms with Crippen molar-refractivity contribution in [3.8, 4) is 11.1 Å². The molecule has 3 rings (SSSR count). The summed E-state index contributed by atoms with van der Waals surface area (Å²) < 4.78 is 6.37. The number of carbonyl (C=O) groups is 1. The highest BCUT2D eigenvalue weighted by molar-refractivity contribution is 7.07. The Bertz CT molecular complexity index is 793. The smallest absolute Gasteiger partial charge is 0.327 e. The van der Waals surface area contributed by atoms with Crippen molar-refractivity contribution in [2.24, 2.45) is 0 Å². The van der Waals surface area contributed by atoms with Gasteiger partial charge in [0.25, 0.3) is 5.56 Å². The molecule has 0 fully saturated rings. The van der Waals surface area contributed by atoms with E-state index in [0.717, 1.165) is 15.5 Å². The molecule has 7 heteroatoms. The summed E-state index contributed by atoms with van der Waals surface area (Å²) in [4.78, 5) is 23.9. The molecule has 0 spiro atoms. The van der Waals surface area contributed by atoms with Gasteiger partial charge in [-0.3, -0.25) is 4.79 Å². The van der Waals surface area contributed by atoms with Crippen LogP contribution in [0.1, 0.15) is 23.4 Å². The molecule has 0 saturated heterocycles. The topological polar surface area (TPSA) is 88.8 Å². The van der Waals surface area contributed by atoms with Gasteiger partial charge in [-0.25, -0.2) is 8.75 Å². The molecule has 0 aliphatic heterocycles. The fraction of sp³-hybridized carbons (Fsp3) is 0.286. The predicted molar refractivity (Wildman–Crippen MR) is 76.4 cm³/mol. The highest BCUT2D eigenvalue weighted by atomic mass is 32.1. The van der Waals surface area contributed by atoms with E-state index in [0.29, 0.717) is 21.6 Å². The maximum Gasteiger partial charge on any atom is 0.327 e. The molecule has 2 unspecified atom stereocenters. The molecule has 1 aromatic carbocycles. The van der Waals surface area contributed by atoms with E-state index >= 15 is 0 Å². The number of ether oxygens (including phenoxy) is 1. The van der Waals surface area contributed by atoms with Gasteiger partial charge in [-0.1, -0.05) is 35.8 Å². The lowest BCUT2D eigenvalue weighted by Gasteiger charge is -2.22. The number of benzene rings is 1. The first kappa shape index (κ1) is 14.0. The van der Waals surface area contributed by atoms with Crippen LogP contribution in [0, 0.1) is 0 Å².